The van der Waals surface area contributed by atoms with Gasteiger partial charge in [-0.2, -0.15) is 0 Å². The minimum absolute atomic E-state index is 0.0749. The molecule has 4 aliphatic rings. The third-order valence-electron chi connectivity index (χ3n) is 11.0. The summed E-state index contributed by atoms with van der Waals surface area (Å²) in [6.45, 7) is 13.5. The molecule has 1 heterocycles. The van der Waals surface area contributed by atoms with Gasteiger partial charge in [0.15, 0.2) is 6.29 Å². The lowest BCUT2D eigenvalue weighted by Crippen LogP contribution is -2.48. The topological polar surface area (TPSA) is 46.2 Å². The number of halogens is 1. The maximum Gasteiger partial charge on any atom is 0.164 e. The average Bonchev–Trinajstić information content (AvgIpc) is 3.31. The second-order valence-corrected chi connectivity index (χ2v) is 15.8. The van der Waals surface area contributed by atoms with Crippen molar-refractivity contribution < 1.29 is 23.7 Å². The molecule has 0 N–H and O–H groups in total. The molecule has 5 nitrogen and oxygen atoms in total. The Hall–Kier alpha value is -1.60. The second kappa shape index (κ2) is 11.4. The fourth-order valence-electron chi connectivity index (χ4n) is 8.68. The van der Waals surface area contributed by atoms with E-state index in [4.69, 9.17) is 23.7 Å². The van der Waals surface area contributed by atoms with Crippen molar-refractivity contribution in [2.75, 3.05) is 34.0 Å². The molecule has 3 aliphatic carbocycles. The summed E-state index contributed by atoms with van der Waals surface area (Å²) in [5.41, 5.74) is 5.22. The zero-order chi connectivity index (χ0) is 29.9. The minimum atomic E-state index is -0.214. The first-order chi connectivity index (χ1) is 20.0. The summed E-state index contributed by atoms with van der Waals surface area (Å²) in [7, 11) is 3.52. The first-order valence-corrected chi connectivity index (χ1v) is 16.7. The summed E-state index contributed by atoms with van der Waals surface area (Å²) < 4.78 is 32.1. The number of fused-ring (bicyclic) bond motifs is 5. The van der Waals surface area contributed by atoms with Gasteiger partial charge in [0.05, 0.1) is 44.6 Å². The molecule has 42 heavy (non-hydrogen) atoms. The van der Waals surface area contributed by atoms with Crippen LogP contribution in [0, 0.1) is 28.1 Å². The molecule has 6 rings (SSSR count). The van der Waals surface area contributed by atoms with E-state index in [1.165, 1.54) is 36.8 Å². The van der Waals surface area contributed by atoms with Crippen LogP contribution < -0.4 is 9.47 Å². The number of para-hydroxylation sites is 1. The highest BCUT2D eigenvalue weighted by Crippen LogP contribution is 2.63. The van der Waals surface area contributed by atoms with Crippen LogP contribution in [-0.2, 0) is 20.6 Å². The Balaban J connectivity index is 1.22. The normalized spacial score (nSPS) is 30.8. The van der Waals surface area contributed by atoms with Crippen molar-refractivity contribution in [3.8, 4) is 22.6 Å². The summed E-state index contributed by atoms with van der Waals surface area (Å²) in [6.07, 6.45) is 7.17. The molecule has 5 atom stereocenters. The van der Waals surface area contributed by atoms with E-state index < -0.39 is 0 Å². The number of hydrogen-bond acceptors (Lipinski definition) is 5. The molecule has 0 amide bonds. The predicted octanol–water partition coefficient (Wildman–Crippen LogP) is 8.80. The van der Waals surface area contributed by atoms with Gasteiger partial charge in [-0.25, -0.2) is 0 Å². The Bertz CT molecular complexity index is 1290. The lowest BCUT2D eigenvalue weighted by Gasteiger charge is -2.51. The third kappa shape index (κ3) is 5.22. The molecule has 2 aromatic carbocycles. The lowest BCUT2D eigenvalue weighted by atomic mass is 9.55. The van der Waals surface area contributed by atoms with E-state index in [1.807, 2.05) is 12.1 Å². The van der Waals surface area contributed by atoms with Gasteiger partial charge >= 0.3 is 0 Å². The average molecular weight is 642 g/mol. The van der Waals surface area contributed by atoms with E-state index in [2.05, 4.69) is 68.7 Å². The van der Waals surface area contributed by atoms with Crippen LogP contribution in [0.3, 0.4) is 0 Å². The molecule has 3 fully saturated rings. The molecule has 230 valence electrons. The summed E-state index contributed by atoms with van der Waals surface area (Å²) in [4.78, 5) is 0. The van der Waals surface area contributed by atoms with Crippen LogP contribution in [0.15, 0.2) is 34.8 Å². The van der Waals surface area contributed by atoms with Crippen molar-refractivity contribution in [1.82, 2.24) is 0 Å². The fourth-order valence-corrected chi connectivity index (χ4v) is 9.48. The maximum absolute atomic E-state index is 6.85. The van der Waals surface area contributed by atoms with Crippen LogP contribution in [-0.4, -0.2) is 46.4 Å². The highest BCUT2D eigenvalue weighted by Gasteiger charge is 2.56. The zero-order valence-corrected chi connectivity index (χ0v) is 28.1. The summed E-state index contributed by atoms with van der Waals surface area (Å²) in [5.74, 6) is 3.69. The molecule has 0 radical (unpaired) electrons. The minimum Gasteiger partial charge on any atom is -0.496 e. The number of benzene rings is 2. The Morgan fingerprint density at radius 3 is 2.40 bits per heavy atom. The number of rotatable bonds is 7. The SMILES string of the molecule is COc1ccccc1-c1cc2c(c(Br)c1OC)CC[C@@H]1[C@@H]2CC[C@]2(C)C(OCC(C)(C)C3OCC(C)(C)CO3)CC[C@@H]12. The smallest absolute Gasteiger partial charge is 0.164 e. The van der Waals surface area contributed by atoms with Crippen LogP contribution in [0.1, 0.15) is 83.8 Å². The van der Waals surface area contributed by atoms with Gasteiger partial charge in [-0.05, 0) is 101 Å². The van der Waals surface area contributed by atoms with Crippen LogP contribution >= 0.6 is 15.9 Å². The zero-order valence-electron chi connectivity index (χ0n) is 26.6. The Morgan fingerprint density at radius 2 is 1.69 bits per heavy atom. The monoisotopic (exact) mass is 640 g/mol. The van der Waals surface area contributed by atoms with Crippen molar-refractivity contribution in [1.29, 1.82) is 0 Å². The lowest BCUT2D eigenvalue weighted by molar-refractivity contribution is -0.273. The Morgan fingerprint density at radius 1 is 0.952 bits per heavy atom. The second-order valence-electron chi connectivity index (χ2n) is 15.0. The summed E-state index contributed by atoms with van der Waals surface area (Å²) >= 11 is 3.99. The molecule has 2 aromatic rings. The van der Waals surface area contributed by atoms with E-state index in [-0.39, 0.29) is 28.6 Å². The van der Waals surface area contributed by atoms with Crippen LogP contribution in [0.2, 0.25) is 0 Å². The van der Waals surface area contributed by atoms with Gasteiger partial charge in [0.25, 0.3) is 0 Å². The molecule has 1 aliphatic heterocycles. The standard InChI is InChI=1S/C36H49BrO5/c1-34(2)19-41-33(42-20-34)35(3,4)21-40-30-15-14-28-23-12-13-25-26(22(23)16-17-36(28,30)5)18-27(32(39-7)31(25)37)24-10-8-9-11-29(24)38-6/h8-11,18,22-23,28,30,33H,12-17,19-21H2,1-7H3/t22-,23+,28-,30?,36-/m0/s1. The number of ether oxygens (including phenoxy) is 5. The highest BCUT2D eigenvalue weighted by molar-refractivity contribution is 9.10. The van der Waals surface area contributed by atoms with Crippen molar-refractivity contribution in [3.05, 3.63) is 45.9 Å². The first-order valence-electron chi connectivity index (χ1n) is 15.9. The van der Waals surface area contributed by atoms with E-state index in [0.29, 0.717) is 24.4 Å². The van der Waals surface area contributed by atoms with Crippen molar-refractivity contribution in [2.24, 2.45) is 28.1 Å². The molecular weight excluding hydrogens is 592 g/mol. The summed E-state index contributed by atoms with van der Waals surface area (Å²) in [6, 6.07) is 10.7. The quantitative estimate of drug-likeness (QED) is 0.303. The molecule has 0 aromatic heterocycles. The van der Waals surface area contributed by atoms with Gasteiger partial charge in [-0.1, -0.05) is 52.8 Å². The van der Waals surface area contributed by atoms with Gasteiger partial charge in [0.2, 0.25) is 0 Å². The molecule has 2 saturated carbocycles. The van der Waals surface area contributed by atoms with Crippen molar-refractivity contribution in [3.63, 3.8) is 0 Å². The van der Waals surface area contributed by atoms with Gasteiger partial charge in [-0.15, -0.1) is 0 Å². The number of hydrogen-bond donors (Lipinski definition) is 0. The molecule has 0 spiro atoms. The van der Waals surface area contributed by atoms with Gasteiger partial charge in [-0.3, -0.25) is 0 Å². The predicted molar refractivity (Wildman–Crippen MR) is 170 cm³/mol. The van der Waals surface area contributed by atoms with Crippen molar-refractivity contribution >= 4 is 15.9 Å². The molecule has 6 heteroatoms. The first kappa shape index (κ1) is 30.4. The molecule has 0 bridgehead atoms. The maximum atomic E-state index is 6.85. The Kier molecular flexibility index (Phi) is 8.26. The molecule has 1 saturated heterocycles. The van der Waals surface area contributed by atoms with Gasteiger partial charge in [0, 0.05) is 22.0 Å². The van der Waals surface area contributed by atoms with E-state index >= 15 is 0 Å². The third-order valence-corrected chi connectivity index (χ3v) is 11.8. The fraction of sp³-hybridized carbons (Fsp3) is 0.667. The van der Waals surface area contributed by atoms with E-state index in [0.717, 1.165) is 53.2 Å². The van der Waals surface area contributed by atoms with Crippen LogP contribution in [0.25, 0.3) is 11.1 Å². The largest absolute Gasteiger partial charge is 0.496 e. The van der Waals surface area contributed by atoms with Crippen molar-refractivity contribution in [2.45, 2.75) is 91.5 Å². The number of methoxy groups -OCH3 is 2. The molecule has 1 unspecified atom stereocenters. The van der Waals surface area contributed by atoms with Gasteiger partial charge in [0.1, 0.15) is 11.5 Å². The van der Waals surface area contributed by atoms with Gasteiger partial charge < -0.3 is 23.7 Å². The van der Waals surface area contributed by atoms with E-state index in [9.17, 15) is 0 Å². The Labute approximate surface area is 261 Å². The summed E-state index contributed by atoms with van der Waals surface area (Å²) in [5, 5.41) is 0. The van der Waals surface area contributed by atoms with E-state index in [1.54, 1.807) is 14.2 Å². The highest BCUT2D eigenvalue weighted by atomic mass is 79.9. The van der Waals surface area contributed by atoms with Crippen LogP contribution in [0.5, 0.6) is 11.5 Å². The molecular formula is C36H49BrO5. The van der Waals surface area contributed by atoms with Crippen LogP contribution in [0.4, 0.5) is 0 Å².